The van der Waals surface area contributed by atoms with Gasteiger partial charge >= 0.3 is 0 Å². The van der Waals surface area contributed by atoms with Crippen LogP contribution in [0.15, 0.2) is 24.3 Å². The SMILES string of the molecule is CC(C)CCOCCN1CCNc2ccccc21. The van der Waals surface area contributed by atoms with Gasteiger partial charge in [-0.3, -0.25) is 0 Å². The molecule has 1 aliphatic rings. The highest BCUT2D eigenvalue weighted by atomic mass is 16.5. The van der Waals surface area contributed by atoms with E-state index in [0.717, 1.165) is 45.2 Å². The molecule has 0 aliphatic carbocycles. The van der Waals surface area contributed by atoms with E-state index in [1.54, 1.807) is 0 Å². The molecule has 0 aromatic heterocycles. The first-order valence-corrected chi connectivity index (χ1v) is 6.93. The molecule has 0 unspecified atom stereocenters. The molecular weight excluding hydrogens is 224 g/mol. The van der Waals surface area contributed by atoms with Crippen molar-refractivity contribution >= 4 is 11.4 Å². The predicted molar refractivity (Wildman–Crippen MR) is 77.4 cm³/mol. The molecule has 0 radical (unpaired) electrons. The Balaban J connectivity index is 1.77. The number of anilines is 2. The van der Waals surface area contributed by atoms with Gasteiger partial charge < -0.3 is 15.0 Å². The van der Waals surface area contributed by atoms with Gasteiger partial charge in [0.15, 0.2) is 0 Å². The van der Waals surface area contributed by atoms with Gasteiger partial charge in [0, 0.05) is 26.2 Å². The summed E-state index contributed by atoms with van der Waals surface area (Å²) in [5, 5.41) is 3.43. The molecule has 2 rings (SSSR count). The third kappa shape index (κ3) is 3.64. The number of fused-ring (bicyclic) bond motifs is 1. The molecule has 0 spiro atoms. The van der Waals surface area contributed by atoms with Crippen LogP contribution in [0.3, 0.4) is 0 Å². The van der Waals surface area contributed by atoms with Crippen LogP contribution in [0.2, 0.25) is 0 Å². The molecule has 0 amide bonds. The van der Waals surface area contributed by atoms with Crippen molar-refractivity contribution in [1.82, 2.24) is 0 Å². The van der Waals surface area contributed by atoms with Crippen LogP contribution in [-0.2, 0) is 4.74 Å². The summed E-state index contributed by atoms with van der Waals surface area (Å²) in [7, 11) is 0. The monoisotopic (exact) mass is 248 g/mol. The van der Waals surface area contributed by atoms with Crippen molar-refractivity contribution in [2.45, 2.75) is 20.3 Å². The fourth-order valence-electron chi connectivity index (χ4n) is 2.17. The van der Waals surface area contributed by atoms with E-state index in [0.29, 0.717) is 0 Å². The summed E-state index contributed by atoms with van der Waals surface area (Å²) in [6.07, 6.45) is 1.15. The van der Waals surface area contributed by atoms with E-state index in [4.69, 9.17) is 4.74 Å². The van der Waals surface area contributed by atoms with E-state index < -0.39 is 0 Å². The van der Waals surface area contributed by atoms with Crippen LogP contribution < -0.4 is 10.2 Å². The summed E-state index contributed by atoms with van der Waals surface area (Å²) in [6.45, 7) is 9.22. The maximum Gasteiger partial charge on any atom is 0.0641 e. The number of rotatable bonds is 6. The van der Waals surface area contributed by atoms with Crippen molar-refractivity contribution < 1.29 is 4.74 Å². The first kappa shape index (κ1) is 13.2. The topological polar surface area (TPSA) is 24.5 Å². The number of nitrogens with zero attached hydrogens (tertiary/aromatic N) is 1. The van der Waals surface area contributed by atoms with Gasteiger partial charge in [0.25, 0.3) is 0 Å². The molecule has 0 bridgehead atoms. The summed E-state index contributed by atoms with van der Waals surface area (Å²) in [5.41, 5.74) is 2.54. The summed E-state index contributed by atoms with van der Waals surface area (Å²) < 4.78 is 5.70. The highest BCUT2D eigenvalue weighted by molar-refractivity contribution is 5.71. The smallest absolute Gasteiger partial charge is 0.0641 e. The Kier molecular flexibility index (Phi) is 4.88. The Labute approximate surface area is 110 Å². The van der Waals surface area contributed by atoms with Gasteiger partial charge in [0.1, 0.15) is 0 Å². The maximum atomic E-state index is 5.70. The number of benzene rings is 1. The lowest BCUT2D eigenvalue weighted by Gasteiger charge is -2.31. The van der Waals surface area contributed by atoms with E-state index in [-0.39, 0.29) is 0 Å². The van der Waals surface area contributed by atoms with E-state index in [2.05, 4.69) is 48.3 Å². The molecule has 0 saturated carbocycles. The van der Waals surface area contributed by atoms with Gasteiger partial charge in [-0.05, 0) is 24.5 Å². The van der Waals surface area contributed by atoms with Gasteiger partial charge in [-0.2, -0.15) is 0 Å². The lowest BCUT2D eigenvalue weighted by Crippen LogP contribution is -2.36. The molecule has 1 aromatic rings. The largest absolute Gasteiger partial charge is 0.382 e. The molecular formula is C15H24N2O. The zero-order valence-corrected chi connectivity index (χ0v) is 11.5. The molecule has 18 heavy (non-hydrogen) atoms. The molecule has 100 valence electrons. The van der Waals surface area contributed by atoms with Crippen molar-refractivity contribution in [3.63, 3.8) is 0 Å². The Morgan fingerprint density at radius 3 is 2.94 bits per heavy atom. The second-order valence-electron chi connectivity index (χ2n) is 5.23. The molecule has 0 saturated heterocycles. The maximum absolute atomic E-state index is 5.70. The van der Waals surface area contributed by atoms with Crippen LogP contribution in [0.4, 0.5) is 11.4 Å². The van der Waals surface area contributed by atoms with Crippen molar-refractivity contribution in [3.05, 3.63) is 24.3 Å². The van der Waals surface area contributed by atoms with Crippen LogP contribution in [0.1, 0.15) is 20.3 Å². The third-order valence-electron chi connectivity index (χ3n) is 3.29. The van der Waals surface area contributed by atoms with E-state index >= 15 is 0 Å². The molecule has 1 aromatic carbocycles. The van der Waals surface area contributed by atoms with Crippen LogP contribution in [0, 0.1) is 5.92 Å². The van der Waals surface area contributed by atoms with Crippen LogP contribution >= 0.6 is 0 Å². The molecule has 3 nitrogen and oxygen atoms in total. The van der Waals surface area contributed by atoms with Gasteiger partial charge in [0.05, 0.1) is 18.0 Å². The standard InChI is InChI=1S/C15H24N2O/c1-13(2)7-11-18-12-10-17-9-8-16-14-5-3-4-6-15(14)17/h3-6,13,16H,7-12H2,1-2H3. The van der Waals surface area contributed by atoms with Crippen molar-refractivity contribution in [1.29, 1.82) is 0 Å². The molecule has 1 aliphatic heterocycles. The average Bonchev–Trinajstić information content (AvgIpc) is 2.38. The summed E-state index contributed by atoms with van der Waals surface area (Å²) in [6, 6.07) is 8.49. The van der Waals surface area contributed by atoms with Crippen molar-refractivity contribution in [3.8, 4) is 0 Å². The fraction of sp³-hybridized carbons (Fsp3) is 0.600. The van der Waals surface area contributed by atoms with Gasteiger partial charge in [-0.25, -0.2) is 0 Å². The number of hydrogen-bond donors (Lipinski definition) is 1. The molecule has 1 heterocycles. The zero-order chi connectivity index (χ0) is 12.8. The molecule has 3 heteroatoms. The summed E-state index contributed by atoms with van der Waals surface area (Å²) in [5.74, 6) is 0.727. The highest BCUT2D eigenvalue weighted by Gasteiger charge is 2.14. The van der Waals surface area contributed by atoms with Gasteiger partial charge in [-0.1, -0.05) is 26.0 Å². The molecule has 0 fully saturated rings. The van der Waals surface area contributed by atoms with E-state index in [1.165, 1.54) is 11.4 Å². The minimum Gasteiger partial charge on any atom is -0.382 e. The number of para-hydroxylation sites is 2. The Bertz CT molecular complexity index is 365. The minimum absolute atomic E-state index is 0.727. The number of hydrogen-bond acceptors (Lipinski definition) is 3. The molecule has 1 N–H and O–H groups in total. The Morgan fingerprint density at radius 1 is 1.28 bits per heavy atom. The Morgan fingerprint density at radius 2 is 2.11 bits per heavy atom. The van der Waals surface area contributed by atoms with Crippen molar-refractivity contribution in [2.24, 2.45) is 5.92 Å². The minimum atomic E-state index is 0.727. The highest BCUT2D eigenvalue weighted by Crippen LogP contribution is 2.27. The fourth-order valence-corrected chi connectivity index (χ4v) is 2.17. The lowest BCUT2D eigenvalue weighted by atomic mass is 10.1. The first-order valence-electron chi connectivity index (χ1n) is 6.93. The van der Waals surface area contributed by atoms with Gasteiger partial charge in [-0.15, -0.1) is 0 Å². The second kappa shape index (κ2) is 6.64. The zero-order valence-electron chi connectivity index (χ0n) is 11.5. The average molecular weight is 248 g/mol. The summed E-state index contributed by atoms with van der Waals surface area (Å²) >= 11 is 0. The van der Waals surface area contributed by atoms with Crippen LogP contribution in [-0.4, -0.2) is 32.8 Å². The Hall–Kier alpha value is -1.22. The second-order valence-corrected chi connectivity index (χ2v) is 5.23. The molecule has 0 atom stereocenters. The lowest BCUT2D eigenvalue weighted by molar-refractivity contribution is 0.129. The first-order chi connectivity index (χ1) is 8.77. The van der Waals surface area contributed by atoms with E-state index in [9.17, 15) is 0 Å². The van der Waals surface area contributed by atoms with E-state index in [1.807, 2.05) is 0 Å². The predicted octanol–water partition coefficient (Wildman–Crippen LogP) is 2.98. The van der Waals surface area contributed by atoms with Crippen LogP contribution in [0.5, 0.6) is 0 Å². The normalized spacial score (nSPS) is 14.5. The summed E-state index contributed by atoms with van der Waals surface area (Å²) in [4.78, 5) is 2.40. The van der Waals surface area contributed by atoms with Crippen molar-refractivity contribution in [2.75, 3.05) is 43.1 Å². The van der Waals surface area contributed by atoms with Gasteiger partial charge in [0.2, 0.25) is 0 Å². The quantitative estimate of drug-likeness (QED) is 0.783. The number of ether oxygens (including phenoxy) is 1. The number of nitrogens with one attached hydrogen (secondary N) is 1. The van der Waals surface area contributed by atoms with Crippen LogP contribution in [0.25, 0.3) is 0 Å². The third-order valence-corrected chi connectivity index (χ3v) is 3.29.